The van der Waals surface area contributed by atoms with Gasteiger partial charge in [-0.3, -0.25) is 4.99 Å². The third kappa shape index (κ3) is 4.10. The van der Waals surface area contributed by atoms with E-state index < -0.39 is 0 Å². The summed E-state index contributed by atoms with van der Waals surface area (Å²) in [6.07, 6.45) is 5.13. The van der Waals surface area contributed by atoms with Crippen LogP contribution in [0.4, 0.5) is 0 Å². The van der Waals surface area contributed by atoms with Crippen molar-refractivity contribution in [3.05, 3.63) is 41.5 Å². The summed E-state index contributed by atoms with van der Waals surface area (Å²) in [5.74, 6) is 0. The Morgan fingerprint density at radius 2 is 1.81 bits per heavy atom. The highest BCUT2D eigenvalue weighted by atomic mass is 14.8. The van der Waals surface area contributed by atoms with E-state index in [4.69, 9.17) is 5.26 Å². The Morgan fingerprint density at radius 3 is 2.38 bits per heavy atom. The van der Waals surface area contributed by atoms with Gasteiger partial charge in [-0.2, -0.15) is 5.26 Å². The maximum absolute atomic E-state index is 8.51. The molecule has 0 heterocycles. The minimum Gasteiger partial charge on any atom is -0.287 e. The smallest absolute Gasteiger partial charge is 0.0912 e. The van der Waals surface area contributed by atoms with Crippen LogP contribution >= 0.6 is 0 Å². The van der Waals surface area contributed by atoms with Gasteiger partial charge in [0.15, 0.2) is 0 Å². The van der Waals surface area contributed by atoms with E-state index in [1.54, 1.807) is 6.08 Å². The van der Waals surface area contributed by atoms with Crippen LogP contribution in [0.5, 0.6) is 0 Å². The number of hydrogen-bond acceptors (Lipinski definition) is 2. The summed E-state index contributed by atoms with van der Waals surface area (Å²) in [5, 5.41) is 8.51. The lowest BCUT2D eigenvalue weighted by molar-refractivity contribution is 0.586. The highest BCUT2D eigenvalue weighted by Gasteiger charge is 2.05. The molecule has 0 saturated carbocycles. The molecule has 0 aliphatic rings. The van der Waals surface area contributed by atoms with E-state index in [1.165, 1.54) is 6.08 Å². The summed E-state index contributed by atoms with van der Waals surface area (Å²) in [6.45, 7) is 6.16. The number of benzene rings is 1. The fourth-order valence-electron chi connectivity index (χ4n) is 1.17. The molecule has 1 aromatic carbocycles. The van der Waals surface area contributed by atoms with Crippen LogP contribution in [0.3, 0.4) is 0 Å². The summed E-state index contributed by atoms with van der Waals surface area (Å²) in [4.78, 5) is 4.45. The van der Waals surface area contributed by atoms with Gasteiger partial charge in [0, 0.05) is 12.3 Å². The highest BCUT2D eigenvalue weighted by molar-refractivity contribution is 5.85. The maximum atomic E-state index is 8.51. The predicted molar refractivity (Wildman–Crippen MR) is 68.4 cm³/mol. The van der Waals surface area contributed by atoms with Gasteiger partial charge in [-0.05, 0) is 38.0 Å². The summed E-state index contributed by atoms with van der Waals surface area (Å²) in [6, 6.07) is 9.87. The topological polar surface area (TPSA) is 36.1 Å². The van der Waals surface area contributed by atoms with E-state index >= 15 is 0 Å². The van der Waals surface area contributed by atoms with Gasteiger partial charge < -0.3 is 0 Å². The van der Waals surface area contributed by atoms with Crippen molar-refractivity contribution in [1.29, 1.82) is 5.26 Å². The molecule has 0 aliphatic carbocycles. The van der Waals surface area contributed by atoms with Gasteiger partial charge in [0.2, 0.25) is 0 Å². The summed E-state index contributed by atoms with van der Waals surface area (Å²) < 4.78 is 0. The van der Waals surface area contributed by atoms with E-state index in [0.29, 0.717) is 0 Å². The Morgan fingerprint density at radius 1 is 1.19 bits per heavy atom. The summed E-state index contributed by atoms with van der Waals surface area (Å²) in [5.41, 5.74) is 1.97. The standard InChI is InChI=1S/C14H16N2/c1-14(2,3)16-11-13-8-5-4-7-12(13)9-6-10-15/h4-9,11H,1-3H3/b9-6+,16-11?. The Kier molecular flexibility index (Phi) is 4.02. The van der Waals surface area contributed by atoms with Crippen molar-refractivity contribution in [1.82, 2.24) is 0 Å². The third-order valence-corrected chi connectivity index (χ3v) is 1.92. The Bertz CT molecular complexity index is 443. The molecule has 2 heteroatoms. The first-order valence-electron chi connectivity index (χ1n) is 5.23. The predicted octanol–water partition coefficient (Wildman–Crippen LogP) is 3.44. The van der Waals surface area contributed by atoms with Crippen molar-refractivity contribution >= 4 is 12.3 Å². The second kappa shape index (κ2) is 5.27. The first kappa shape index (κ1) is 12.2. The van der Waals surface area contributed by atoms with Crippen molar-refractivity contribution in [2.45, 2.75) is 26.3 Å². The second-order valence-electron chi connectivity index (χ2n) is 4.52. The minimum atomic E-state index is -0.0773. The molecule has 0 N–H and O–H groups in total. The zero-order valence-corrected chi connectivity index (χ0v) is 9.94. The van der Waals surface area contributed by atoms with Crippen LogP contribution in [0.25, 0.3) is 6.08 Å². The molecule has 1 rings (SSSR count). The van der Waals surface area contributed by atoms with E-state index in [9.17, 15) is 0 Å². The molecular weight excluding hydrogens is 196 g/mol. The van der Waals surface area contributed by atoms with Crippen LogP contribution < -0.4 is 0 Å². The maximum Gasteiger partial charge on any atom is 0.0912 e. The van der Waals surface area contributed by atoms with Crippen molar-refractivity contribution in [2.24, 2.45) is 4.99 Å². The van der Waals surface area contributed by atoms with E-state index in [-0.39, 0.29) is 5.54 Å². The quantitative estimate of drug-likeness (QED) is 0.546. The van der Waals surface area contributed by atoms with Crippen molar-refractivity contribution in [3.8, 4) is 6.07 Å². The normalized spacial score (nSPS) is 12.1. The van der Waals surface area contributed by atoms with E-state index in [2.05, 4.69) is 25.8 Å². The lowest BCUT2D eigenvalue weighted by Gasteiger charge is -2.11. The van der Waals surface area contributed by atoms with Gasteiger partial charge in [-0.1, -0.05) is 24.3 Å². The Balaban J connectivity index is 3.01. The third-order valence-electron chi connectivity index (χ3n) is 1.92. The van der Waals surface area contributed by atoms with Gasteiger partial charge >= 0.3 is 0 Å². The SMILES string of the molecule is CC(C)(C)N=Cc1ccccc1/C=C/C#N. The molecule has 0 spiro atoms. The number of nitrogens with zero attached hydrogens (tertiary/aromatic N) is 2. The average Bonchev–Trinajstić information content (AvgIpc) is 2.23. The van der Waals surface area contributed by atoms with Crippen molar-refractivity contribution in [3.63, 3.8) is 0 Å². The molecule has 0 bridgehead atoms. The molecule has 0 fully saturated rings. The van der Waals surface area contributed by atoms with Crippen molar-refractivity contribution in [2.75, 3.05) is 0 Å². The largest absolute Gasteiger partial charge is 0.287 e. The van der Waals surface area contributed by atoms with Crippen LogP contribution in [0.2, 0.25) is 0 Å². The lowest BCUT2D eigenvalue weighted by atomic mass is 10.1. The number of hydrogen-bond donors (Lipinski definition) is 0. The fraction of sp³-hybridized carbons (Fsp3) is 0.286. The number of rotatable bonds is 2. The number of aliphatic imine (C=N–C) groups is 1. The molecule has 0 saturated heterocycles. The van der Waals surface area contributed by atoms with Gasteiger partial charge in [0.05, 0.1) is 11.6 Å². The molecule has 0 aromatic heterocycles. The van der Waals surface area contributed by atoms with E-state index in [0.717, 1.165) is 11.1 Å². The molecule has 0 atom stereocenters. The zero-order valence-electron chi connectivity index (χ0n) is 9.94. The van der Waals surface area contributed by atoms with E-state index in [1.807, 2.05) is 36.5 Å². The summed E-state index contributed by atoms with van der Waals surface area (Å²) >= 11 is 0. The summed E-state index contributed by atoms with van der Waals surface area (Å²) in [7, 11) is 0. The molecular formula is C14H16N2. The average molecular weight is 212 g/mol. The number of nitriles is 1. The molecule has 0 amide bonds. The molecule has 16 heavy (non-hydrogen) atoms. The Hall–Kier alpha value is -1.88. The first-order chi connectivity index (χ1) is 7.53. The molecule has 2 nitrogen and oxygen atoms in total. The molecule has 0 radical (unpaired) electrons. The molecule has 82 valence electrons. The van der Waals surface area contributed by atoms with Crippen LogP contribution in [0, 0.1) is 11.3 Å². The van der Waals surface area contributed by atoms with Gasteiger partial charge in [-0.25, -0.2) is 0 Å². The van der Waals surface area contributed by atoms with Gasteiger partial charge in [0.1, 0.15) is 0 Å². The lowest BCUT2D eigenvalue weighted by Crippen LogP contribution is -2.09. The number of allylic oxidation sites excluding steroid dienone is 1. The second-order valence-corrected chi connectivity index (χ2v) is 4.52. The van der Waals surface area contributed by atoms with Crippen LogP contribution in [-0.2, 0) is 0 Å². The molecule has 1 aromatic rings. The minimum absolute atomic E-state index is 0.0773. The zero-order chi connectivity index (χ0) is 12.0. The first-order valence-corrected chi connectivity index (χ1v) is 5.23. The van der Waals surface area contributed by atoms with Crippen LogP contribution in [0.15, 0.2) is 35.3 Å². The highest BCUT2D eigenvalue weighted by Crippen LogP contribution is 2.11. The molecule has 0 aliphatic heterocycles. The van der Waals surface area contributed by atoms with Gasteiger partial charge in [0.25, 0.3) is 0 Å². The van der Waals surface area contributed by atoms with Crippen LogP contribution in [0.1, 0.15) is 31.9 Å². The monoisotopic (exact) mass is 212 g/mol. The van der Waals surface area contributed by atoms with Crippen molar-refractivity contribution < 1.29 is 0 Å². The fourth-order valence-corrected chi connectivity index (χ4v) is 1.17. The van der Waals surface area contributed by atoms with Gasteiger partial charge in [-0.15, -0.1) is 0 Å². The Labute approximate surface area is 96.9 Å². The molecule has 0 unspecified atom stereocenters. The van der Waals surface area contributed by atoms with Crippen LogP contribution in [-0.4, -0.2) is 11.8 Å².